The molecule has 0 saturated heterocycles. The first kappa shape index (κ1) is 56.7. The number of hydrogen-bond acceptors (Lipinski definition) is 5. The molecule has 0 amide bonds. The van der Waals surface area contributed by atoms with Crippen LogP contribution in [0.25, 0.3) is 58.8 Å². The number of benzene rings is 10. The van der Waals surface area contributed by atoms with Gasteiger partial charge in [-0.2, -0.15) is 0 Å². The van der Waals surface area contributed by atoms with Crippen molar-refractivity contribution in [3.8, 4) is 5.69 Å². The Kier molecular flexibility index (Phi) is 12.7. The van der Waals surface area contributed by atoms with E-state index in [1.165, 1.54) is 81.1 Å². The minimum atomic E-state index is -0.145. The van der Waals surface area contributed by atoms with Gasteiger partial charge in [0.1, 0.15) is 10.4 Å². The number of para-hydroxylation sites is 2. The van der Waals surface area contributed by atoms with Gasteiger partial charge in [0.05, 0.1) is 16.9 Å². The van der Waals surface area contributed by atoms with E-state index in [-0.39, 0.29) is 33.8 Å². The number of hydrogen-bond donors (Lipinski definition) is 0. The zero-order valence-corrected chi connectivity index (χ0v) is 55.1. The fraction of sp³-hybridized carbons (Fsp3) is 0.244. The molecule has 0 saturated carbocycles. The molecule has 0 aliphatic carbocycles. The molecule has 3 aromatic heterocycles. The first-order valence-electron chi connectivity index (χ1n) is 31.8. The SMILES string of the molecule is CC(C)(C)c1ccc(N(c2ccc(C(C)(C)C)cc2)c2ccc3c(c2)N(c2cccc4c2oc2ccccc24)c2cc(N(c4ccc(C(C)(C)C)cc4)c4ccc(C(C)(C)C)cc4)cc4c2B3c2cc(C(C)(C)C)cc3c5c6ccccc6sc5n-4c23)cc1. The Morgan fingerprint density at radius 2 is 0.820 bits per heavy atom. The Balaban J connectivity index is 1.09. The zero-order chi connectivity index (χ0) is 62.0. The van der Waals surface area contributed by atoms with E-state index < -0.39 is 0 Å². The van der Waals surface area contributed by atoms with Gasteiger partial charge >= 0.3 is 0 Å². The molecule has 5 nitrogen and oxygen atoms in total. The number of aromatic nitrogens is 1. The summed E-state index contributed by atoms with van der Waals surface area (Å²) >= 11 is 1.91. The Bertz CT molecular complexity index is 4850. The van der Waals surface area contributed by atoms with Crippen LogP contribution in [0.15, 0.2) is 211 Å². The van der Waals surface area contributed by atoms with Crippen molar-refractivity contribution in [1.29, 1.82) is 0 Å². The smallest absolute Gasteiger partial charge is 0.252 e. The number of rotatable bonds is 7. The van der Waals surface area contributed by atoms with Crippen molar-refractivity contribution in [2.45, 2.75) is 131 Å². The van der Waals surface area contributed by atoms with Crippen molar-refractivity contribution in [1.82, 2.24) is 4.57 Å². The average Bonchev–Trinajstić information content (AvgIpc) is 1.63. The highest BCUT2D eigenvalue weighted by molar-refractivity contribution is 7.26. The van der Waals surface area contributed by atoms with Crippen molar-refractivity contribution in [2.75, 3.05) is 14.7 Å². The number of nitrogens with zero attached hydrogens (tertiary/aromatic N) is 4. The summed E-state index contributed by atoms with van der Waals surface area (Å²) < 4.78 is 11.2. The van der Waals surface area contributed by atoms with E-state index in [4.69, 9.17) is 4.42 Å². The molecule has 0 unspecified atom stereocenters. The van der Waals surface area contributed by atoms with Crippen LogP contribution in [-0.4, -0.2) is 11.3 Å². The number of fused-ring (bicyclic) bond motifs is 12. The molecule has 0 radical (unpaired) electrons. The highest BCUT2D eigenvalue weighted by atomic mass is 32.1. The van der Waals surface area contributed by atoms with E-state index in [0.717, 1.165) is 73.1 Å². The molecule has 10 aromatic carbocycles. The maximum Gasteiger partial charge on any atom is 0.252 e. The minimum absolute atomic E-state index is 0.00801. The van der Waals surface area contributed by atoms with E-state index in [2.05, 4.69) is 329 Å². The highest BCUT2D eigenvalue weighted by Gasteiger charge is 2.45. The molecule has 5 heterocycles. The summed E-state index contributed by atoms with van der Waals surface area (Å²) in [5, 5.41) is 6.11. The van der Waals surface area contributed by atoms with Gasteiger partial charge in [0.15, 0.2) is 5.58 Å². The van der Waals surface area contributed by atoms with Crippen LogP contribution in [0.1, 0.15) is 132 Å². The van der Waals surface area contributed by atoms with Crippen molar-refractivity contribution >= 4 is 139 Å². The third-order valence-corrected chi connectivity index (χ3v) is 20.3. The summed E-state index contributed by atoms with van der Waals surface area (Å²) in [5.41, 5.74) is 24.1. The summed E-state index contributed by atoms with van der Waals surface area (Å²) in [4.78, 5) is 8.81. The average molecular weight is 1180 g/mol. The van der Waals surface area contributed by atoms with Crippen LogP contribution in [0.3, 0.4) is 0 Å². The second-order valence-electron chi connectivity index (χ2n) is 30.3. The number of furan rings is 1. The van der Waals surface area contributed by atoms with Crippen LogP contribution in [0.2, 0.25) is 0 Å². The van der Waals surface area contributed by atoms with Gasteiger partial charge < -0.3 is 23.7 Å². The molecule has 2 aliphatic rings. The van der Waals surface area contributed by atoms with E-state index >= 15 is 0 Å². The van der Waals surface area contributed by atoms with Crippen molar-refractivity contribution in [3.63, 3.8) is 0 Å². The molecule has 7 heteroatoms. The third kappa shape index (κ3) is 9.23. The van der Waals surface area contributed by atoms with Crippen LogP contribution >= 0.6 is 11.3 Å². The third-order valence-electron chi connectivity index (χ3n) is 19.2. The van der Waals surface area contributed by atoms with Gasteiger partial charge in [0.25, 0.3) is 6.71 Å². The topological polar surface area (TPSA) is 27.8 Å². The molecule has 13 aromatic rings. The van der Waals surface area contributed by atoms with Crippen molar-refractivity contribution in [3.05, 3.63) is 234 Å². The van der Waals surface area contributed by atoms with E-state index in [1.807, 2.05) is 11.3 Å². The molecule has 0 spiro atoms. The minimum Gasteiger partial charge on any atom is -0.454 e. The lowest BCUT2D eigenvalue weighted by atomic mass is 9.33. The van der Waals surface area contributed by atoms with Gasteiger partial charge in [0, 0.05) is 77.1 Å². The Morgan fingerprint density at radius 1 is 0.360 bits per heavy atom. The van der Waals surface area contributed by atoms with E-state index in [9.17, 15) is 0 Å². The van der Waals surface area contributed by atoms with Gasteiger partial charge in [-0.25, -0.2) is 0 Å². The van der Waals surface area contributed by atoms with Gasteiger partial charge in [-0.3, -0.25) is 0 Å². The summed E-state index contributed by atoms with van der Waals surface area (Å²) in [6, 6.07) is 79.0. The molecule has 442 valence electrons. The van der Waals surface area contributed by atoms with Crippen molar-refractivity contribution in [2.24, 2.45) is 0 Å². The molecule has 2 aliphatic heterocycles. The highest BCUT2D eigenvalue weighted by Crippen LogP contribution is 2.52. The standard InChI is InChI=1S/C82H79BN4OS/c1-78(2,3)50-27-35-55(36-28-50)84(56-37-29-51(30-38-56)79(4,5)6)59-43-44-65-68(47-59)86(67-24-20-23-62-61-21-16-18-25-71(61)88-76(62)67)69-48-60(85(57-39-31-52(32-40-57)80(7,8)9)58-41-33-53(34-42-58)81(10,11)12)49-70-74(69)83(65)66-46-54(82(13,14)15)45-64-73-63-22-17-19-26-72(63)89-77(73)87(70)75(64)66/h16-49H,1-15H3. The van der Waals surface area contributed by atoms with E-state index in [0.29, 0.717) is 0 Å². The van der Waals surface area contributed by atoms with Gasteiger partial charge in [-0.1, -0.05) is 213 Å². The normalized spacial score (nSPS) is 13.5. The quantitative estimate of drug-likeness (QED) is 0.149. The first-order valence-corrected chi connectivity index (χ1v) is 32.7. The predicted molar refractivity (Wildman–Crippen MR) is 386 cm³/mol. The summed E-state index contributed by atoms with van der Waals surface area (Å²) in [6.45, 7) is 34.6. The maximum absolute atomic E-state index is 7.22. The summed E-state index contributed by atoms with van der Waals surface area (Å²) in [7, 11) is 0. The summed E-state index contributed by atoms with van der Waals surface area (Å²) in [6.07, 6.45) is 0. The van der Waals surface area contributed by atoms with Crippen LogP contribution < -0.4 is 31.1 Å². The number of anilines is 9. The van der Waals surface area contributed by atoms with Crippen LogP contribution in [0.4, 0.5) is 51.2 Å². The maximum atomic E-state index is 7.22. The molecule has 0 bridgehead atoms. The largest absolute Gasteiger partial charge is 0.454 e. The fourth-order valence-corrected chi connectivity index (χ4v) is 15.4. The zero-order valence-electron chi connectivity index (χ0n) is 54.3. The van der Waals surface area contributed by atoms with Gasteiger partial charge in [-0.05, 0) is 168 Å². The summed E-state index contributed by atoms with van der Waals surface area (Å²) in [5.74, 6) is 0. The number of thiophene rings is 1. The molecule has 0 atom stereocenters. The lowest BCUT2D eigenvalue weighted by molar-refractivity contribution is 0.590. The van der Waals surface area contributed by atoms with Crippen LogP contribution in [-0.2, 0) is 27.1 Å². The molecule has 0 fully saturated rings. The van der Waals surface area contributed by atoms with Crippen LogP contribution in [0, 0.1) is 0 Å². The second kappa shape index (κ2) is 19.9. The Morgan fingerprint density at radius 3 is 1.36 bits per heavy atom. The molecule has 15 rings (SSSR count). The fourth-order valence-electron chi connectivity index (χ4n) is 14.2. The predicted octanol–water partition coefficient (Wildman–Crippen LogP) is 21.9. The molecule has 0 N–H and O–H groups in total. The van der Waals surface area contributed by atoms with Gasteiger partial charge in [-0.15, -0.1) is 11.3 Å². The Hall–Kier alpha value is -8.78. The second-order valence-corrected chi connectivity index (χ2v) is 31.4. The monoisotopic (exact) mass is 1180 g/mol. The molecular weight excluding hydrogens is 1100 g/mol. The Labute approximate surface area is 529 Å². The molecular formula is C82H79BN4OS. The van der Waals surface area contributed by atoms with Gasteiger partial charge in [0.2, 0.25) is 0 Å². The molecule has 89 heavy (non-hydrogen) atoms. The van der Waals surface area contributed by atoms with E-state index in [1.54, 1.807) is 0 Å². The first-order chi connectivity index (χ1) is 42.3. The lowest BCUT2D eigenvalue weighted by Crippen LogP contribution is -2.60. The lowest BCUT2D eigenvalue weighted by Gasteiger charge is -2.42. The van der Waals surface area contributed by atoms with Crippen LogP contribution in [0.5, 0.6) is 0 Å². The van der Waals surface area contributed by atoms with Crippen molar-refractivity contribution < 1.29 is 4.42 Å².